The third-order valence-corrected chi connectivity index (χ3v) is 3.17. The summed E-state index contributed by atoms with van der Waals surface area (Å²) in [6.07, 6.45) is -0.830. The van der Waals surface area contributed by atoms with Crippen LogP contribution < -0.4 is 5.32 Å². The summed E-state index contributed by atoms with van der Waals surface area (Å²) in [4.78, 5) is 0. The van der Waals surface area contributed by atoms with Gasteiger partial charge in [-0.2, -0.15) is 0 Å². The zero-order valence-corrected chi connectivity index (χ0v) is 11.5. The Labute approximate surface area is 118 Å². The van der Waals surface area contributed by atoms with Crippen molar-refractivity contribution in [1.82, 2.24) is 0 Å². The molecule has 19 heavy (non-hydrogen) atoms. The molecule has 100 valence electrons. The molecule has 1 atom stereocenters. The van der Waals surface area contributed by atoms with Gasteiger partial charge in [-0.15, -0.1) is 0 Å². The van der Waals surface area contributed by atoms with Gasteiger partial charge in [-0.3, -0.25) is 0 Å². The average molecular weight is 328 g/mol. The van der Waals surface area contributed by atoms with E-state index in [1.807, 2.05) is 0 Å². The van der Waals surface area contributed by atoms with E-state index < -0.39 is 11.9 Å². The summed E-state index contributed by atoms with van der Waals surface area (Å²) in [5.74, 6) is -0.761. The molecule has 2 aromatic rings. The van der Waals surface area contributed by atoms with Crippen LogP contribution in [0.4, 0.5) is 14.5 Å². The number of hydrogen-bond acceptors (Lipinski definition) is 2. The first-order valence-electron chi connectivity index (χ1n) is 5.69. The molecule has 0 saturated carbocycles. The van der Waals surface area contributed by atoms with Gasteiger partial charge in [0.2, 0.25) is 0 Å². The lowest BCUT2D eigenvalue weighted by molar-refractivity contribution is 0.191. The van der Waals surface area contributed by atoms with Crippen molar-refractivity contribution in [3.63, 3.8) is 0 Å². The maximum atomic E-state index is 13.5. The van der Waals surface area contributed by atoms with Crippen molar-refractivity contribution in [2.24, 2.45) is 0 Å². The van der Waals surface area contributed by atoms with E-state index in [9.17, 15) is 13.9 Å². The molecular weight excluding hydrogens is 316 g/mol. The van der Waals surface area contributed by atoms with Crippen LogP contribution in [0, 0.1) is 11.6 Å². The Morgan fingerprint density at radius 1 is 1.11 bits per heavy atom. The standard InChI is InChI=1S/C14H12BrF2NO/c15-10-3-6-13(12(17)7-10)18-8-14(19)9-1-4-11(16)5-2-9/h1-7,14,18-19H,8H2. The second kappa shape index (κ2) is 6.12. The molecule has 0 heterocycles. The molecule has 2 rings (SSSR count). The normalized spacial score (nSPS) is 12.2. The summed E-state index contributed by atoms with van der Waals surface area (Å²) < 4.78 is 26.9. The Balaban J connectivity index is 2.00. The minimum Gasteiger partial charge on any atom is -0.387 e. The third-order valence-electron chi connectivity index (χ3n) is 2.67. The predicted octanol–water partition coefficient (Wildman–Crippen LogP) is 3.87. The summed E-state index contributed by atoms with van der Waals surface area (Å²) in [6.45, 7) is 0.143. The van der Waals surface area contributed by atoms with E-state index in [2.05, 4.69) is 21.2 Å². The fraction of sp³-hybridized carbons (Fsp3) is 0.143. The van der Waals surface area contributed by atoms with Gasteiger partial charge in [0.1, 0.15) is 11.6 Å². The largest absolute Gasteiger partial charge is 0.387 e. The lowest BCUT2D eigenvalue weighted by Gasteiger charge is -2.13. The van der Waals surface area contributed by atoms with Gasteiger partial charge in [-0.1, -0.05) is 28.1 Å². The molecule has 0 bridgehead atoms. The van der Waals surface area contributed by atoms with Crippen LogP contribution in [0.25, 0.3) is 0 Å². The highest BCUT2D eigenvalue weighted by atomic mass is 79.9. The zero-order valence-electron chi connectivity index (χ0n) is 9.91. The van der Waals surface area contributed by atoms with Gasteiger partial charge in [0.25, 0.3) is 0 Å². The smallest absolute Gasteiger partial charge is 0.147 e. The summed E-state index contributed by atoms with van der Waals surface area (Å²) in [5.41, 5.74) is 0.885. The molecule has 0 saturated heterocycles. The highest BCUT2D eigenvalue weighted by Gasteiger charge is 2.09. The molecule has 2 nitrogen and oxygen atoms in total. The maximum Gasteiger partial charge on any atom is 0.147 e. The predicted molar refractivity (Wildman–Crippen MR) is 73.9 cm³/mol. The SMILES string of the molecule is OC(CNc1ccc(Br)cc1F)c1ccc(F)cc1. The Kier molecular flexibility index (Phi) is 4.50. The highest BCUT2D eigenvalue weighted by molar-refractivity contribution is 9.10. The minimum absolute atomic E-state index is 0.143. The lowest BCUT2D eigenvalue weighted by atomic mass is 10.1. The van der Waals surface area contributed by atoms with Crippen molar-refractivity contribution in [3.8, 4) is 0 Å². The van der Waals surface area contributed by atoms with Gasteiger partial charge in [-0.25, -0.2) is 8.78 Å². The molecule has 5 heteroatoms. The molecule has 0 aliphatic carbocycles. The number of halogens is 3. The van der Waals surface area contributed by atoms with Gasteiger partial charge in [0.15, 0.2) is 0 Å². The first-order chi connectivity index (χ1) is 9.06. The Bertz CT molecular complexity index is 560. The minimum atomic E-state index is -0.830. The second-order valence-electron chi connectivity index (χ2n) is 4.07. The van der Waals surface area contributed by atoms with E-state index in [1.54, 1.807) is 12.1 Å². The van der Waals surface area contributed by atoms with Crippen molar-refractivity contribution in [2.45, 2.75) is 6.10 Å². The topological polar surface area (TPSA) is 32.3 Å². The van der Waals surface area contributed by atoms with Crippen LogP contribution in [0.15, 0.2) is 46.9 Å². The number of anilines is 1. The van der Waals surface area contributed by atoms with E-state index >= 15 is 0 Å². The molecule has 0 fully saturated rings. The van der Waals surface area contributed by atoms with Crippen LogP contribution in [0.1, 0.15) is 11.7 Å². The quantitative estimate of drug-likeness (QED) is 0.893. The lowest BCUT2D eigenvalue weighted by Crippen LogP contribution is -2.13. The fourth-order valence-electron chi connectivity index (χ4n) is 1.64. The van der Waals surface area contributed by atoms with Gasteiger partial charge in [0, 0.05) is 11.0 Å². The van der Waals surface area contributed by atoms with Gasteiger partial charge >= 0.3 is 0 Å². The van der Waals surface area contributed by atoms with Gasteiger partial charge in [-0.05, 0) is 35.9 Å². The number of aliphatic hydroxyl groups is 1. The van der Waals surface area contributed by atoms with Crippen molar-refractivity contribution in [2.75, 3.05) is 11.9 Å². The van der Waals surface area contributed by atoms with Crippen molar-refractivity contribution in [1.29, 1.82) is 0 Å². The van der Waals surface area contributed by atoms with E-state index in [4.69, 9.17) is 0 Å². The Hall–Kier alpha value is -1.46. The van der Waals surface area contributed by atoms with Crippen LogP contribution >= 0.6 is 15.9 Å². The zero-order chi connectivity index (χ0) is 13.8. The van der Waals surface area contributed by atoms with E-state index in [1.165, 1.54) is 30.3 Å². The van der Waals surface area contributed by atoms with Crippen molar-refractivity contribution >= 4 is 21.6 Å². The van der Waals surface area contributed by atoms with Crippen LogP contribution in [0.2, 0.25) is 0 Å². The van der Waals surface area contributed by atoms with E-state index in [0.29, 0.717) is 15.7 Å². The molecular formula is C14H12BrF2NO. The monoisotopic (exact) mass is 327 g/mol. The molecule has 2 aromatic carbocycles. The van der Waals surface area contributed by atoms with E-state index in [0.717, 1.165) is 0 Å². The van der Waals surface area contributed by atoms with Crippen LogP contribution in [0.5, 0.6) is 0 Å². The maximum absolute atomic E-state index is 13.5. The van der Waals surface area contributed by atoms with Crippen molar-refractivity contribution < 1.29 is 13.9 Å². The van der Waals surface area contributed by atoms with Gasteiger partial charge in [0.05, 0.1) is 11.8 Å². The summed E-state index contributed by atoms with van der Waals surface area (Å²) >= 11 is 3.17. The number of rotatable bonds is 4. The summed E-state index contributed by atoms with van der Waals surface area (Å²) in [7, 11) is 0. The molecule has 0 amide bonds. The summed E-state index contributed by atoms with van der Waals surface area (Å²) in [6, 6.07) is 10.2. The highest BCUT2D eigenvalue weighted by Crippen LogP contribution is 2.21. The first kappa shape index (κ1) is 14.0. The second-order valence-corrected chi connectivity index (χ2v) is 4.99. The van der Waals surface area contributed by atoms with E-state index in [-0.39, 0.29) is 12.4 Å². The number of hydrogen-bond donors (Lipinski definition) is 2. The van der Waals surface area contributed by atoms with Crippen molar-refractivity contribution in [3.05, 3.63) is 64.1 Å². The first-order valence-corrected chi connectivity index (χ1v) is 6.48. The molecule has 2 N–H and O–H groups in total. The molecule has 1 unspecified atom stereocenters. The number of benzene rings is 2. The third kappa shape index (κ3) is 3.75. The molecule has 0 aliphatic heterocycles. The van der Waals surface area contributed by atoms with Crippen LogP contribution in [-0.2, 0) is 0 Å². The number of nitrogens with one attached hydrogen (secondary N) is 1. The molecule has 0 spiro atoms. The molecule has 0 radical (unpaired) electrons. The summed E-state index contributed by atoms with van der Waals surface area (Å²) in [5, 5.41) is 12.7. The molecule has 0 aliphatic rings. The fourth-order valence-corrected chi connectivity index (χ4v) is 1.98. The van der Waals surface area contributed by atoms with Crippen LogP contribution in [0.3, 0.4) is 0 Å². The average Bonchev–Trinajstić information content (AvgIpc) is 2.38. The molecule has 0 aromatic heterocycles. The Morgan fingerprint density at radius 3 is 2.42 bits per heavy atom. The number of aliphatic hydroxyl groups excluding tert-OH is 1. The van der Waals surface area contributed by atoms with Gasteiger partial charge < -0.3 is 10.4 Å². The van der Waals surface area contributed by atoms with Crippen LogP contribution in [-0.4, -0.2) is 11.7 Å². The Morgan fingerprint density at radius 2 is 1.79 bits per heavy atom.